The maximum atomic E-state index is 11.7. The zero-order valence-electron chi connectivity index (χ0n) is 10.6. The Labute approximate surface area is 100 Å². The van der Waals surface area contributed by atoms with Crippen LogP contribution < -0.4 is 16.3 Å². The van der Waals surface area contributed by atoms with Gasteiger partial charge in [-0.3, -0.25) is 0 Å². The van der Waals surface area contributed by atoms with Crippen molar-refractivity contribution in [1.82, 2.24) is 0 Å². The molecule has 0 amide bonds. The van der Waals surface area contributed by atoms with Crippen LogP contribution in [0.3, 0.4) is 0 Å². The van der Waals surface area contributed by atoms with E-state index in [2.05, 4.69) is 6.08 Å². The lowest BCUT2D eigenvalue weighted by molar-refractivity contribution is -0.0161. The normalized spacial score (nSPS) is 14.8. The molecule has 3 nitrogen and oxygen atoms in total. The highest BCUT2D eigenvalue weighted by Gasteiger charge is 2.12. The van der Waals surface area contributed by atoms with Gasteiger partial charge < -0.3 is 9.15 Å². The molecule has 1 heterocycles. The lowest BCUT2D eigenvalue weighted by atomic mass is 10.1. The van der Waals surface area contributed by atoms with Gasteiger partial charge in [0.1, 0.15) is 5.42 Å². The van der Waals surface area contributed by atoms with Crippen LogP contribution in [0.4, 0.5) is 0 Å². The number of hydrogen-bond donors (Lipinski definition) is 0. The highest BCUT2D eigenvalue weighted by atomic mass is 16.5. The Balaban J connectivity index is 2.34. The lowest BCUT2D eigenvalue weighted by Gasteiger charge is -2.19. The Kier molecular flexibility index (Phi) is 3.20. The zero-order chi connectivity index (χ0) is 12.5. The number of fused-ring (bicyclic) bond motifs is 1. The topological polar surface area (TPSA) is 39.4 Å². The second-order valence-electron chi connectivity index (χ2n) is 5.27. The smallest absolute Gasteiger partial charge is 0.341 e. The number of ether oxygens (including phenoxy) is 1. The molecule has 1 aromatic heterocycles. The van der Waals surface area contributed by atoms with E-state index in [1.807, 2.05) is 32.9 Å². The van der Waals surface area contributed by atoms with Crippen molar-refractivity contribution in [3.63, 3.8) is 0 Å². The maximum Gasteiger partial charge on any atom is 0.341 e. The van der Waals surface area contributed by atoms with E-state index in [1.54, 1.807) is 0 Å². The molecule has 0 aromatic carbocycles. The zero-order valence-corrected chi connectivity index (χ0v) is 10.6. The Morgan fingerprint density at radius 3 is 2.71 bits per heavy atom. The van der Waals surface area contributed by atoms with Crippen molar-refractivity contribution in [1.29, 1.82) is 0 Å². The van der Waals surface area contributed by atoms with Crippen LogP contribution in [-0.4, -0.2) is 5.60 Å². The first-order valence-corrected chi connectivity index (χ1v) is 5.93. The monoisotopic (exact) mass is 234 g/mol. The average molecular weight is 234 g/mol. The van der Waals surface area contributed by atoms with E-state index in [9.17, 15) is 4.79 Å². The first-order valence-electron chi connectivity index (χ1n) is 5.93. The van der Waals surface area contributed by atoms with Crippen LogP contribution in [0.5, 0.6) is 0 Å². The van der Waals surface area contributed by atoms with Crippen LogP contribution in [0.2, 0.25) is 0 Å². The minimum Gasteiger partial charge on any atom is -0.423 e. The fraction of sp³-hybridized carbons (Fsp3) is 0.500. The predicted molar refractivity (Wildman–Crippen MR) is 66.9 cm³/mol. The minimum absolute atomic E-state index is 0.252. The molecule has 2 rings (SSSR count). The van der Waals surface area contributed by atoms with Gasteiger partial charge in [0.25, 0.3) is 0 Å². The summed E-state index contributed by atoms with van der Waals surface area (Å²) in [5.41, 5.74) is 0.739. The molecule has 0 saturated heterocycles. The van der Waals surface area contributed by atoms with Gasteiger partial charge in [-0.05, 0) is 45.8 Å². The molecule has 1 aromatic rings. The molecule has 17 heavy (non-hydrogen) atoms. The van der Waals surface area contributed by atoms with Gasteiger partial charge in [0, 0.05) is 5.22 Å². The van der Waals surface area contributed by atoms with Gasteiger partial charge in [-0.2, -0.15) is 0 Å². The lowest BCUT2D eigenvalue weighted by Crippen LogP contribution is -2.33. The van der Waals surface area contributed by atoms with Gasteiger partial charge in [0.15, 0.2) is 0 Å². The van der Waals surface area contributed by atoms with E-state index in [4.69, 9.17) is 9.15 Å². The summed E-state index contributed by atoms with van der Waals surface area (Å²) < 4.78 is 10.9. The van der Waals surface area contributed by atoms with E-state index < -0.39 is 0 Å². The molecule has 1 aliphatic rings. The molecule has 0 bridgehead atoms. The van der Waals surface area contributed by atoms with Crippen LogP contribution in [0, 0.1) is 0 Å². The summed E-state index contributed by atoms with van der Waals surface area (Å²) in [5, 5.41) is 1.00. The molecule has 0 saturated carbocycles. The van der Waals surface area contributed by atoms with Gasteiger partial charge in [-0.1, -0.05) is 6.08 Å². The van der Waals surface area contributed by atoms with Crippen molar-refractivity contribution in [2.75, 3.05) is 0 Å². The maximum absolute atomic E-state index is 11.7. The second kappa shape index (κ2) is 4.49. The van der Waals surface area contributed by atoms with Gasteiger partial charge in [0.05, 0.1) is 17.8 Å². The van der Waals surface area contributed by atoms with Crippen molar-refractivity contribution in [3.8, 4) is 0 Å². The molecule has 0 N–H and O–H groups in total. The standard InChI is InChI=1S/C14H18O3/c1-14(2,3)16-9-11-8-10-6-4-5-7-12(10)17-13(11)15/h6-8H,4-5,9H2,1-3H3. The molecule has 0 fully saturated rings. The highest BCUT2D eigenvalue weighted by molar-refractivity contribution is 5.35. The number of rotatable bonds is 2. The molecule has 0 aliphatic heterocycles. The Morgan fingerprint density at radius 1 is 1.29 bits per heavy atom. The summed E-state index contributed by atoms with van der Waals surface area (Å²) in [6.07, 6.45) is 6.00. The molecule has 0 unspecified atom stereocenters. The molecular weight excluding hydrogens is 216 g/mol. The molecular formula is C14H18O3. The quantitative estimate of drug-likeness (QED) is 0.774. The molecule has 3 heteroatoms. The third-order valence-electron chi connectivity index (χ3n) is 2.60. The van der Waals surface area contributed by atoms with Crippen LogP contribution in [0.15, 0.2) is 15.3 Å². The summed E-state index contributed by atoms with van der Waals surface area (Å²) in [7, 11) is 0. The number of hydrogen-bond acceptors (Lipinski definition) is 3. The van der Waals surface area contributed by atoms with Crippen molar-refractivity contribution < 1.29 is 9.15 Å². The highest BCUT2D eigenvalue weighted by Crippen LogP contribution is 2.08. The van der Waals surface area contributed by atoms with E-state index in [1.165, 1.54) is 0 Å². The Bertz CT molecular complexity index is 573. The fourth-order valence-corrected chi connectivity index (χ4v) is 1.71. The van der Waals surface area contributed by atoms with Crippen LogP contribution in [0.1, 0.15) is 39.2 Å². The summed E-state index contributed by atoms with van der Waals surface area (Å²) >= 11 is 0. The molecule has 92 valence electrons. The SMILES string of the molecule is CC(C)(C)OCc1cc2c(oc1=O)=CCCC=2. The molecule has 0 atom stereocenters. The molecule has 0 spiro atoms. The third-order valence-corrected chi connectivity index (χ3v) is 2.60. The van der Waals surface area contributed by atoms with Crippen molar-refractivity contribution in [2.24, 2.45) is 0 Å². The largest absolute Gasteiger partial charge is 0.423 e. The van der Waals surface area contributed by atoms with Gasteiger partial charge in [-0.15, -0.1) is 0 Å². The van der Waals surface area contributed by atoms with E-state index in [-0.39, 0.29) is 11.2 Å². The van der Waals surface area contributed by atoms with Gasteiger partial charge >= 0.3 is 5.63 Å². The summed E-state index contributed by atoms with van der Waals surface area (Å²) in [6.45, 7) is 6.19. The van der Waals surface area contributed by atoms with Crippen molar-refractivity contribution in [2.45, 2.75) is 45.8 Å². The van der Waals surface area contributed by atoms with Gasteiger partial charge in [-0.25, -0.2) is 4.79 Å². The second-order valence-corrected chi connectivity index (χ2v) is 5.27. The van der Waals surface area contributed by atoms with Crippen LogP contribution >= 0.6 is 0 Å². The minimum atomic E-state index is -0.292. The third kappa shape index (κ3) is 3.07. The first kappa shape index (κ1) is 12.1. The van der Waals surface area contributed by atoms with Crippen LogP contribution in [0.25, 0.3) is 12.2 Å². The van der Waals surface area contributed by atoms with Crippen molar-refractivity contribution in [3.05, 3.63) is 32.7 Å². The summed E-state index contributed by atoms with van der Waals surface area (Å²) in [6, 6.07) is 1.88. The molecule has 0 radical (unpaired) electrons. The predicted octanol–water partition coefficient (Wildman–Crippen LogP) is 1.31. The van der Waals surface area contributed by atoms with Gasteiger partial charge in [0.2, 0.25) is 0 Å². The van der Waals surface area contributed by atoms with E-state index in [0.717, 1.165) is 18.1 Å². The summed E-state index contributed by atoms with van der Waals surface area (Å²) in [4.78, 5) is 11.7. The van der Waals surface area contributed by atoms with E-state index >= 15 is 0 Å². The molecule has 1 aliphatic carbocycles. The van der Waals surface area contributed by atoms with Crippen LogP contribution in [-0.2, 0) is 11.3 Å². The van der Waals surface area contributed by atoms with E-state index in [0.29, 0.717) is 17.6 Å². The summed E-state index contributed by atoms with van der Waals surface area (Å²) in [5.74, 6) is 0. The fourth-order valence-electron chi connectivity index (χ4n) is 1.71. The van der Waals surface area contributed by atoms with Crippen molar-refractivity contribution >= 4 is 12.2 Å². The Hall–Kier alpha value is -1.35. The Morgan fingerprint density at radius 2 is 2.00 bits per heavy atom. The average Bonchev–Trinajstić information content (AvgIpc) is 2.25. The first-order chi connectivity index (χ1) is 7.96.